The van der Waals surface area contributed by atoms with Gasteiger partial charge in [0.2, 0.25) is 0 Å². The Labute approximate surface area is 153 Å². The Bertz CT molecular complexity index is 843. The molecule has 0 radical (unpaired) electrons. The van der Waals surface area contributed by atoms with Crippen LogP contribution in [0.1, 0.15) is 16.1 Å². The van der Waals surface area contributed by atoms with Crippen molar-refractivity contribution in [3.05, 3.63) is 84.2 Å². The molecule has 3 rings (SSSR count). The van der Waals surface area contributed by atoms with Gasteiger partial charge in [-0.05, 0) is 42.0 Å². The molecule has 132 valence electrons. The highest BCUT2D eigenvalue weighted by atomic mass is 16.1. The maximum absolute atomic E-state index is 12.2. The molecule has 0 aliphatic carbocycles. The first-order valence-electron chi connectivity index (χ1n) is 8.44. The van der Waals surface area contributed by atoms with Crippen LogP contribution in [0.5, 0.6) is 0 Å². The zero-order valence-corrected chi connectivity index (χ0v) is 14.9. The fraction of sp³-hybridized carbons (Fsp3) is 0.143. The lowest BCUT2D eigenvalue weighted by Gasteiger charge is -2.13. The minimum Gasteiger partial charge on any atom is -0.378 e. The maximum atomic E-state index is 12.2. The molecule has 1 amide bonds. The van der Waals surface area contributed by atoms with E-state index in [1.54, 1.807) is 12.3 Å². The summed E-state index contributed by atoms with van der Waals surface area (Å²) in [6.07, 6.45) is 1.66. The summed E-state index contributed by atoms with van der Waals surface area (Å²) in [6.45, 7) is 0.486. The Morgan fingerprint density at radius 3 is 2.23 bits per heavy atom. The van der Waals surface area contributed by atoms with Crippen LogP contribution < -0.4 is 15.5 Å². The monoisotopic (exact) mass is 346 g/mol. The van der Waals surface area contributed by atoms with Crippen molar-refractivity contribution in [1.82, 2.24) is 10.3 Å². The molecule has 1 heterocycles. The smallest absolute Gasteiger partial charge is 0.270 e. The number of nitrogens with one attached hydrogen (secondary N) is 2. The van der Waals surface area contributed by atoms with Crippen molar-refractivity contribution in [2.75, 3.05) is 24.3 Å². The summed E-state index contributed by atoms with van der Waals surface area (Å²) in [5.74, 6) is -0.185. The van der Waals surface area contributed by atoms with E-state index in [1.807, 2.05) is 79.7 Å². The van der Waals surface area contributed by atoms with Gasteiger partial charge in [-0.15, -0.1) is 0 Å². The van der Waals surface area contributed by atoms with Crippen molar-refractivity contribution < 1.29 is 4.79 Å². The van der Waals surface area contributed by atoms with Gasteiger partial charge in [-0.25, -0.2) is 4.98 Å². The highest BCUT2D eigenvalue weighted by Gasteiger charge is 2.07. The van der Waals surface area contributed by atoms with Crippen molar-refractivity contribution in [2.24, 2.45) is 0 Å². The van der Waals surface area contributed by atoms with E-state index in [4.69, 9.17) is 0 Å². The van der Waals surface area contributed by atoms with Crippen LogP contribution in [0.4, 0.5) is 17.1 Å². The molecule has 0 bridgehead atoms. The van der Waals surface area contributed by atoms with Gasteiger partial charge in [-0.2, -0.15) is 0 Å². The number of pyridine rings is 1. The zero-order valence-electron chi connectivity index (χ0n) is 14.9. The molecule has 0 atom stereocenters. The van der Waals surface area contributed by atoms with E-state index in [2.05, 4.69) is 15.6 Å². The van der Waals surface area contributed by atoms with Gasteiger partial charge in [-0.3, -0.25) is 4.79 Å². The predicted octanol–water partition coefficient (Wildman–Crippen LogP) is 3.82. The molecule has 0 saturated carbocycles. The number of hydrogen-bond donors (Lipinski definition) is 2. The number of hydrogen-bond acceptors (Lipinski definition) is 4. The average Bonchev–Trinajstić information content (AvgIpc) is 2.68. The lowest BCUT2D eigenvalue weighted by Crippen LogP contribution is -2.23. The van der Waals surface area contributed by atoms with Crippen LogP contribution in [-0.4, -0.2) is 25.0 Å². The molecule has 0 aliphatic heterocycles. The first-order chi connectivity index (χ1) is 12.6. The highest BCUT2D eigenvalue weighted by molar-refractivity contribution is 5.92. The Morgan fingerprint density at radius 2 is 1.62 bits per heavy atom. The standard InChI is InChI=1S/C21H22N4O/c1-25(2)19-11-8-17(9-12-19)24-18-10-13-20(22-15-18)21(26)23-14-16-6-4-3-5-7-16/h3-13,15,24H,14H2,1-2H3,(H,23,26). The molecule has 2 N–H and O–H groups in total. The van der Waals surface area contributed by atoms with Gasteiger partial charge in [0.25, 0.3) is 5.91 Å². The molecular weight excluding hydrogens is 324 g/mol. The first kappa shape index (κ1) is 17.5. The van der Waals surface area contributed by atoms with E-state index in [0.717, 1.165) is 22.6 Å². The minimum atomic E-state index is -0.185. The molecule has 1 aromatic heterocycles. The Balaban J connectivity index is 1.58. The molecule has 5 heteroatoms. The van der Waals surface area contributed by atoms with Gasteiger partial charge < -0.3 is 15.5 Å². The lowest BCUT2D eigenvalue weighted by molar-refractivity contribution is 0.0946. The summed E-state index contributed by atoms with van der Waals surface area (Å²) in [4.78, 5) is 18.5. The van der Waals surface area contributed by atoms with E-state index in [1.165, 1.54) is 0 Å². The third-order valence-electron chi connectivity index (χ3n) is 3.96. The van der Waals surface area contributed by atoms with Gasteiger partial charge in [-0.1, -0.05) is 30.3 Å². The van der Waals surface area contributed by atoms with Gasteiger partial charge in [0.15, 0.2) is 0 Å². The van der Waals surface area contributed by atoms with Crippen molar-refractivity contribution in [1.29, 1.82) is 0 Å². The number of aromatic nitrogens is 1. The number of nitrogens with zero attached hydrogens (tertiary/aromatic N) is 2. The number of carbonyl (C=O) groups excluding carboxylic acids is 1. The van der Waals surface area contributed by atoms with Gasteiger partial charge in [0, 0.05) is 32.0 Å². The van der Waals surface area contributed by atoms with E-state index in [-0.39, 0.29) is 5.91 Å². The second-order valence-electron chi connectivity index (χ2n) is 6.17. The Hall–Kier alpha value is -3.34. The number of rotatable bonds is 6. The quantitative estimate of drug-likeness (QED) is 0.712. The molecule has 26 heavy (non-hydrogen) atoms. The summed E-state index contributed by atoms with van der Waals surface area (Å²) in [5, 5.41) is 6.16. The van der Waals surface area contributed by atoms with Crippen molar-refractivity contribution in [3.8, 4) is 0 Å². The highest BCUT2D eigenvalue weighted by Crippen LogP contribution is 2.19. The first-order valence-corrected chi connectivity index (χ1v) is 8.44. The minimum absolute atomic E-state index is 0.185. The van der Waals surface area contributed by atoms with Crippen LogP contribution in [0, 0.1) is 0 Å². The van der Waals surface area contributed by atoms with Crippen LogP contribution in [0.2, 0.25) is 0 Å². The van der Waals surface area contributed by atoms with Crippen molar-refractivity contribution in [2.45, 2.75) is 6.54 Å². The van der Waals surface area contributed by atoms with Gasteiger partial charge in [0.05, 0.1) is 11.9 Å². The number of anilines is 3. The predicted molar refractivity (Wildman–Crippen MR) is 106 cm³/mol. The van der Waals surface area contributed by atoms with Crippen LogP contribution in [-0.2, 0) is 6.54 Å². The van der Waals surface area contributed by atoms with Gasteiger partial charge in [0.1, 0.15) is 5.69 Å². The summed E-state index contributed by atoms with van der Waals surface area (Å²) < 4.78 is 0. The van der Waals surface area contributed by atoms with Crippen molar-refractivity contribution in [3.63, 3.8) is 0 Å². The molecule has 0 aliphatic rings. The fourth-order valence-corrected chi connectivity index (χ4v) is 2.48. The molecule has 0 fully saturated rings. The second kappa shape index (κ2) is 8.16. The third kappa shape index (κ3) is 4.60. The molecule has 2 aromatic carbocycles. The normalized spacial score (nSPS) is 10.2. The van der Waals surface area contributed by atoms with Crippen LogP contribution in [0.15, 0.2) is 72.9 Å². The number of amides is 1. The number of carbonyl (C=O) groups is 1. The Kier molecular flexibility index (Phi) is 5.49. The van der Waals surface area contributed by atoms with E-state index in [0.29, 0.717) is 12.2 Å². The van der Waals surface area contributed by atoms with E-state index in [9.17, 15) is 4.79 Å². The fourth-order valence-electron chi connectivity index (χ4n) is 2.48. The van der Waals surface area contributed by atoms with E-state index < -0.39 is 0 Å². The SMILES string of the molecule is CN(C)c1ccc(Nc2ccc(C(=O)NCc3ccccc3)nc2)cc1. The molecule has 3 aromatic rings. The zero-order chi connectivity index (χ0) is 18.4. The lowest BCUT2D eigenvalue weighted by atomic mass is 10.2. The summed E-state index contributed by atoms with van der Waals surface area (Å²) in [6, 6.07) is 21.5. The summed E-state index contributed by atoms with van der Waals surface area (Å²) >= 11 is 0. The molecular formula is C21H22N4O. The van der Waals surface area contributed by atoms with Crippen molar-refractivity contribution >= 4 is 23.0 Å². The van der Waals surface area contributed by atoms with E-state index >= 15 is 0 Å². The topological polar surface area (TPSA) is 57.3 Å². The average molecular weight is 346 g/mol. The molecule has 5 nitrogen and oxygen atoms in total. The maximum Gasteiger partial charge on any atom is 0.270 e. The third-order valence-corrected chi connectivity index (χ3v) is 3.96. The van der Waals surface area contributed by atoms with Crippen LogP contribution in [0.25, 0.3) is 0 Å². The van der Waals surface area contributed by atoms with Crippen LogP contribution >= 0.6 is 0 Å². The second-order valence-corrected chi connectivity index (χ2v) is 6.17. The molecule has 0 unspecified atom stereocenters. The van der Waals surface area contributed by atoms with Gasteiger partial charge >= 0.3 is 0 Å². The molecule has 0 spiro atoms. The Morgan fingerprint density at radius 1 is 0.923 bits per heavy atom. The molecule has 0 saturated heterocycles. The largest absolute Gasteiger partial charge is 0.378 e. The summed E-state index contributed by atoms with van der Waals surface area (Å²) in [7, 11) is 4.02. The number of benzene rings is 2. The van der Waals surface area contributed by atoms with Crippen LogP contribution in [0.3, 0.4) is 0 Å². The summed E-state index contributed by atoms with van der Waals surface area (Å²) in [5.41, 5.74) is 4.40.